The van der Waals surface area contributed by atoms with Crippen molar-refractivity contribution in [1.29, 1.82) is 0 Å². The molecule has 136 valence electrons. The number of benzene rings is 1. The molecule has 24 heavy (non-hydrogen) atoms. The fourth-order valence-corrected chi connectivity index (χ4v) is 2.87. The Morgan fingerprint density at radius 1 is 1.33 bits per heavy atom. The Morgan fingerprint density at radius 2 is 2.00 bits per heavy atom. The summed E-state index contributed by atoms with van der Waals surface area (Å²) in [4.78, 5) is 4.43. The number of hydrogen-bond acceptors (Lipinski definition) is 2. The largest absolute Gasteiger partial charge is 0.388 e. The van der Waals surface area contributed by atoms with Crippen LogP contribution in [0.15, 0.2) is 23.2 Å². The van der Waals surface area contributed by atoms with Crippen LogP contribution in [0.25, 0.3) is 0 Å². The summed E-state index contributed by atoms with van der Waals surface area (Å²) in [6, 6.07) is 3.17. The van der Waals surface area contributed by atoms with Crippen LogP contribution in [-0.4, -0.2) is 29.8 Å². The Hall–Kier alpha value is -0.960. The van der Waals surface area contributed by atoms with Gasteiger partial charge in [-0.2, -0.15) is 0 Å². The standard InChI is InChI=1S/C17H25F2N3O.HI/c1-3-20-16(21-11-17(23)8-4-5-9-17)22-12(2)14-7-6-13(18)10-15(14)19;/h6-7,10,12,23H,3-5,8-9,11H2,1-2H3,(H2,20,21,22);1H. The first-order chi connectivity index (χ1) is 10.9. The summed E-state index contributed by atoms with van der Waals surface area (Å²) < 4.78 is 26.9. The Morgan fingerprint density at radius 3 is 2.58 bits per heavy atom. The number of rotatable bonds is 5. The molecule has 1 atom stereocenters. The third-order valence-electron chi connectivity index (χ3n) is 4.19. The summed E-state index contributed by atoms with van der Waals surface area (Å²) in [5.74, 6) is -0.665. The third-order valence-corrected chi connectivity index (χ3v) is 4.19. The zero-order valence-electron chi connectivity index (χ0n) is 14.1. The van der Waals surface area contributed by atoms with Crippen molar-refractivity contribution in [3.05, 3.63) is 35.4 Å². The molecule has 0 heterocycles. The highest BCUT2D eigenvalue weighted by Crippen LogP contribution is 2.29. The zero-order valence-corrected chi connectivity index (χ0v) is 16.4. The van der Waals surface area contributed by atoms with Gasteiger partial charge in [-0.25, -0.2) is 8.78 Å². The van der Waals surface area contributed by atoms with Gasteiger partial charge in [0, 0.05) is 18.2 Å². The molecule has 0 amide bonds. The summed E-state index contributed by atoms with van der Waals surface area (Å²) in [5, 5.41) is 16.6. The van der Waals surface area contributed by atoms with Crippen LogP contribution in [-0.2, 0) is 0 Å². The van der Waals surface area contributed by atoms with Gasteiger partial charge >= 0.3 is 0 Å². The highest BCUT2D eigenvalue weighted by Gasteiger charge is 2.30. The third kappa shape index (κ3) is 5.84. The maximum Gasteiger partial charge on any atom is 0.191 e. The van der Waals surface area contributed by atoms with Gasteiger partial charge in [0.1, 0.15) is 11.6 Å². The molecule has 0 aliphatic heterocycles. The molecule has 1 unspecified atom stereocenters. The second kappa shape index (κ2) is 9.50. The quantitative estimate of drug-likeness (QED) is 0.364. The predicted molar refractivity (Wildman–Crippen MR) is 103 cm³/mol. The number of nitrogens with one attached hydrogen (secondary N) is 2. The van der Waals surface area contributed by atoms with E-state index in [9.17, 15) is 13.9 Å². The molecule has 1 saturated carbocycles. The van der Waals surface area contributed by atoms with Crippen LogP contribution in [0.3, 0.4) is 0 Å². The van der Waals surface area contributed by atoms with E-state index in [2.05, 4.69) is 15.6 Å². The van der Waals surface area contributed by atoms with Crippen LogP contribution in [0.4, 0.5) is 8.78 Å². The summed E-state index contributed by atoms with van der Waals surface area (Å²) in [6.07, 6.45) is 3.57. The molecule has 1 fully saturated rings. The van der Waals surface area contributed by atoms with Gasteiger partial charge in [0.25, 0.3) is 0 Å². The van der Waals surface area contributed by atoms with E-state index >= 15 is 0 Å². The summed E-state index contributed by atoms with van der Waals surface area (Å²) in [7, 11) is 0. The smallest absolute Gasteiger partial charge is 0.191 e. The fourth-order valence-electron chi connectivity index (χ4n) is 2.87. The van der Waals surface area contributed by atoms with Crippen molar-refractivity contribution in [1.82, 2.24) is 10.6 Å². The van der Waals surface area contributed by atoms with Crippen LogP contribution >= 0.6 is 24.0 Å². The molecule has 0 radical (unpaired) electrons. The molecule has 1 aromatic carbocycles. The van der Waals surface area contributed by atoms with E-state index in [4.69, 9.17) is 0 Å². The Labute approximate surface area is 159 Å². The minimum atomic E-state index is -0.729. The van der Waals surface area contributed by atoms with Gasteiger partial charge in [-0.05, 0) is 32.8 Å². The zero-order chi connectivity index (χ0) is 16.9. The minimum absolute atomic E-state index is 0. The van der Waals surface area contributed by atoms with Crippen molar-refractivity contribution in [2.45, 2.75) is 51.2 Å². The maximum absolute atomic E-state index is 13.8. The first-order valence-electron chi connectivity index (χ1n) is 8.16. The summed E-state index contributed by atoms with van der Waals surface area (Å²) in [6.45, 7) is 4.70. The highest BCUT2D eigenvalue weighted by molar-refractivity contribution is 14.0. The molecule has 7 heteroatoms. The van der Waals surface area contributed by atoms with E-state index in [0.29, 0.717) is 24.6 Å². The molecular formula is C17H26F2IN3O. The number of nitrogens with zero attached hydrogens (tertiary/aromatic N) is 1. The average Bonchev–Trinajstić information content (AvgIpc) is 2.92. The van der Waals surface area contributed by atoms with Gasteiger partial charge in [-0.3, -0.25) is 4.99 Å². The highest BCUT2D eigenvalue weighted by atomic mass is 127. The van der Waals surface area contributed by atoms with E-state index in [-0.39, 0.29) is 30.0 Å². The van der Waals surface area contributed by atoms with Gasteiger partial charge in [0.15, 0.2) is 5.96 Å². The van der Waals surface area contributed by atoms with Gasteiger partial charge in [-0.15, -0.1) is 24.0 Å². The topological polar surface area (TPSA) is 56.7 Å². The van der Waals surface area contributed by atoms with Crippen LogP contribution < -0.4 is 10.6 Å². The molecule has 1 aliphatic rings. The first-order valence-corrected chi connectivity index (χ1v) is 8.16. The van der Waals surface area contributed by atoms with Gasteiger partial charge in [-0.1, -0.05) is 18.9 Å². The average molecular weight is 453 g/mol. The van der Waals surface area contributed by atoms with Crippen LogP contribution in [0.1, 0.15) is 51.1 Å². The number of aliphatic imine (C=N–C) groups is 1. The number of aliphatic hydroxyl groups is 1. The monoisotopic (exact) mass is 453 g/mol. The summed E-state index contributed by atoms with van der Waals surface area (Å²) in [5.41, 5.74) is -0.358. The van der Waals surface area contributed by atoms with Crippen molar-refractivity contribution in [3.8, 4) is 0 Å². The number of hydrogen-bond donors (Lipinski definition) is 3. The Kier molecular flexibility index (Phi) is 8.35. The number of halogens is 3. The lowest BCUT2D eigenvalue weighted by Gasteiger charge is -2.22. The van der Waals surface area contributed by atoms with Crippen molar-refractivity contribution < 1.29 is 13.9 Å². The normalized spacial score (nSPS) is 18.0. The van der Waals surface area contributed by atoms with E-state index < -0.39 is 17.2 Å². The van der Waals surface area contributed by atoms with Crippen molar-refractivity contribution in [3.63, 3.8) is 0 Å². The maximum atomic E-state index is 13.8. The Bertz CT molecular complexity index is 563. The lowest BCUT2D eigenvalue weighted by Crippen LogP contribution is -2.40. The molecule has 1 aliphatic carbocycles. The second-order valence-electron chi connectivity index (χ2n) is 6.16. The molecule has 0 bridgehead atoms. The summed E-state index contributed by atoms with van der Waals surface area (Å²) >= 11 is 0. The Balaban J connectivity index is 0.00000288. The van der Waals surface area contributed by atoms with Crippen molar-refractivity contribution >= 4 is 29.9 Å². The van der Waals surface area contributed by atoms with Crippen LogP contribution in [0.2, 0.25) is 0 Å². The van der Waals surface area contributed by atoms with Gasteiger partial charge in [0.2, 0.25) is 0 Å². The van der Waals surface area contributed by atoms with E-state index in [0.717, 1.165) is 31.7 Å². The van der Waals surface area contributed by atoms with E-state index in [1.54, 1.807) is 6.92 Å². The molecule has 0 spiro atoms. The predicted octanol–water partition coefficient (Wildman–Crippen LogP) is 3.50. The fraction of sp³-hybridized carbons (Fsp3) is 0.588. The second-order valence-corrected chi connectivity index (χ2v) is 6.16. The SMILES string of the molecule is CCNC(=NCC1(O)CCCC1)NC(C)c1ccc(F)cc1F.I. The van der Waals surface area contributed by atoms with Crippen molar-refractivity contribution in [2.24, 2.45) is 4.99 Å². The van der Waals surface area contributed by atoms with Crippen LogP contribution in [0, 0.1) is 11.6 Å². The van der Waals surface area contributed by atoms with Gasteiger partial charge < -0.3 is 15.7 Å². The first kappa shape index (κ1) is 21.1. The molecular weight excluding hydrogens is 427 g/mol. The lowest BCUT2D eigenvalue weighted by molar-refractivity contribution is 0.0574. The van der Waals surface area contributed by atoms with E-state index in [1.165, 1.54) is 12.1 Å². The molecule has 4 nitrogen and oxygen atoms in total. The van der Waals surface area contributed by atoms with E-state index in [1.807, 2.05) is 6.92 Å². The molecule has 2 rings (SSSR count). The molecule has 3 N–H and O–H groups in total. The minimum Gasteiger partial charge on any atom is -0.388 e. The molecule has 1 aromatic rings. The van der Waals surface area contributed by atoms with Gasteiger partial charge in [0.05, 0.1) is 18.2 Å². The molecule has 0 saturated heterocycles. The molecule has 0 aromatic heterocycles. The van der Waals surface area contributed by atoms with Crippen molar-refractivity contribution in [2.75, 3.05) is 13.1 Å². The lowest BCUT2D eigenvalue weighted by atomic mass is 10.0. The van der Waals surface area contributed by atoms with Crippen LogP contribution in [0.5, 0.6) is 0 Å². The number of guanidine groups is 1.